The third-order valence-corrected chi connectivity index (χ3v) is 6.32. The highest BCUT2D eigenvalue weighted by atomic mass is 32.2. The number of nitrogens with one attached hydrogen (secondary N) is 1. The summed E-state index contributed by atoms with van der Waals surface area (Å²) in [5, 5.41) is 8.16. The Balaban J connectivity index is 1.92. The molecule has 1 amide bonds. The standard InChI is InChI=1S/C19H30N2O3S/c1-13(14-7-11-17(12-8-14)25(20,23)24)21-18(22)15-5-9-16(10-6-15)19(2,3)4/h7-8,11-13,15-16H,5-6,9-10H2,1-4H3,(H,21,22)(H2,20,23,24)/t13-,15?,16?/m0/s1. The van der Waals surface area contributed by atoms with E-state index in [1.165, 1.54) is 12.1 Å². The van der Waals surface area contributed by atoms with Crippen LogP contribution in [0.3, 0.4) is 0 Å². The highest BCUT2D eigenvalue weighted by molar-refractivity contribution is 7.89. The van der Waals surface area contributed by atoms with Crippen LogP contribution in [-0.2, 0) is 14.8 Å². The van der Waals surface area contributed by atoms with Gasteiger partial charge in [-0.25, -0.2) is 13.6 Å². The maximum atomic E-state index is 12.5. The fourth-order valence-corrected chi connectivity index (χ4v) is 4.10. The molecule has 1 aromatic carbocycles. The predicted molar refractivity (Wildman–Crippen MR) is 99.3 cm³/mol. The first-order valence-corrected chi connectivity index (χ1v) is 10.5. The molecule has 0 spiro atoms. The van der Waals surface area contributed by atoms with E-state index >= 15 is 0 Å². The number of primary sulfonamides is 1. The van der Waals surface area contributed by atoms with Crippen LogP contribution in [0.15, 0.2) is 29.2 Å². The monoisotopic (exact) mass is 366 g/mol. The van der Waals surface area contributed by atoms with E-state index in [-0.39, 0.29) is 22.8 Å². The third kappa shape index (κ3) is 5.28. The molecule has 3 N–H and O–H groups in total. The summed E-state index contributed by atoms with van der Waals surface area (Å²) < 4.78 is 22.6. The van der Waals surface area contributed by atoms with Crippen molar-refractivity contribution in [3.63, 3.8) is 0 Å². The van der Waals surface area contributed by atoms with Crippen molar-refractivity contribution in [1.29, 1.82) is 0 Å². The number of carbonyl (C=O) groups excluding carboxylic acids is 1. The van der Waals surface area contributed by atoms with E-state index in [1.54, 1.807) is 12.1 Å². The molecule has 1 aromatic rings. The van der Waals surface area contributed by atoms with Crippen molar-refractivity contribution in [2.75, 3.05) is 0 Å². The van der Waals surface area contributed by atoms with E-state index in [2.05, 4.69) is 26.1 Å². The quantitative estimate of drug-likeness (QED) is 0.856. The van der Waals surface area contributed by atoms with Crippen LogP contribution in [0.5, 0.6) is 0 Å². The minimum absolute atomic E-state index is 0.0738. The Morgan fingerprint density at radius 2 is 1.64 bits per heavy atom. The van der Waals surface area contributed by atoms with E-state index in [0.717, 1.165) is 31.2 Å². The molecule has 6 heteroatoms. The van der Waals surface area contributed by atoms with Gasteiger partial charge in [0, 0.05) is 5.92 Å². The lowest BCUT2D eigenvalue weighted by atomic mass is 9.69. The van der Waals surface area contributed by atoms with E-state index < -0.39 is 10.0 Å². The fraction of sp³-hybridized carbons (Fsp3) is 0.632. The maximum Gasteiger partial charge on any atom is 0.238 e. The summed E-state index contributed by atoms with van der Waals surface area (Å²) in [7, 11) is -3.69. The summed E-state index contributed by atoms with van der Waals surface area (Å²) in [6.07, 6.45) is 4.06. The lowest BCUT2D eigenvalue weighted by molar-refractivity contribution is -0.127. The molecule has 1 aliphatic rings. The molecular formula is C19H30N2O3S. The zero-order chi connectivity index (χ0) is 18.8. The molecule has 0 heterocycles. The van der Waals surface area contributed by atoms with Crippen LogP contribution >= 0.6 is 0 Å². The molecule has 1 fully saturated rings. The highest BCUT2D eigenvalue weighted by Gasteiger charge is 2.32. The summed E-state index contributed by atoms with van der Waals surface area (Å²) in [5.41, 5.74) is 1.17. The van der Waals surface area contributed by atoms with Crippen molar-refractivity contribution in [2.24, 2.45) is 22.4 Å². The van der Waals surface area contributed by atoms with Crippen LogP contribution in [0.4, 0.5) is 0 Å². The second kappa shape index (κ2) is 7.46. The molecule has 0 aliphatic heterocycles. The van der Waals surface area contributed by atoms with Gasteiger partial charge in [0.2, 0.25) is 15.9 Å². The second-order valence-electron chi connectivity index (χ2n) is 8.26. The number of carbonyl (C=O) groups is 1. The minimum Gasteiger partial charge on any atom is -0.349 e. The average molecular weight is 367 g/mol. The Hall–Kier alpha value is -1.40. The molecular weight excluding hydrogens is 336 g/mol. The van der Waals surface area contributed by atoms with Gasteiger partial charge in [-0.2, -0.15) is 0 Å². The van der Waals surface area contributed by atoms with Crippen molar-refractivity contribution in [1.82, 2.24) is 5.32 Å². The second-order valence-corrected chi connectivity index (χ2v) is 9.82. The van der Waals surface area contributed by atoms with Crippen LogP contribution in [0.25, 0.3) is 0 Å². The molecule has 0 saturated heterocycles. The van der Waals surface area contributed by atoms with Crippen molar-refractivity contribution in [3.8, 4) is 0 Å². The van der Waals surface area contributed by atoms with Crippen molar-refractivity contribution < 1.29 is 13.2 Å². The summed E-state index contributed by atoms with van der Waals surface area (Å²) >= 11 is 0. The van der Waals surface area contributed by atoms with Crippen molar-refractivity contribution in [2.45, 2.75) is 64.3 Å². The SMILES string of the molecule is C[C@H](NC(=O)C1CCC(C(C)(C)C)CC1)c1ccc(S(N)(=O)=O)cc1. The van der Waals surface area contributed by atoms with Crippen LogP contribution in [-0.4, -0.2) is 14.3 Å². The Morgan fingerprint density at radius 3 is 2.08 bits per heavy atom. The molecule has 0 bridgehead atoms. The number of amides is 1. The Labute approximate surface area is 151 Å². The Morgan fingerprint density at radius 1 is 1.12 bits per heavy atom. The van der Waals surface area contributed by atoms with Gasteiger partial charge in [0.25, 0.3) is 0 Å². The maximum absolute atomic E-state index is 12.5. The third-order valence-electron chi connectivity index (χ3n) is 5.39. The van der Waals surface area contributed by atoms with Gasteiger partial charge < -0.3 is 5.32 Å². The van der Waals surface area contributed by atoms with Crippen LogP contribution in [0.2, 0.25) is 0 Å². The largest absolute Gasteiger partial charge is 0.349 e. The fourth-order valence-electron chi connectivity index (χ4n) is 3.58. The normalized spacial score (nSPS) is 23.1. The van der Waals surface area contributed by atoms with Crippen molar-refractivity contribution >= 4 is 15.9 Å². The van der Waals surface area contributed by atoms with Gasteiger partial charge in [0.1, 0.15) is 0 Å². The first kappa shape index (κ1) is 19.9. The molecule has 1 aliphatic carbocycles. The molecule has 0 aromatic heterocycles. The first-order valence-electron chi connectivity index (χ1n) is 8.91. The van der Waals surface area contributed by atoms with Gasteiger partial charge in [-0.05, 0) is 61.6 Å². The van der Waals surface area contributed by atoms with Crippen LogP contribution < -0.4 is 10.5 Å². The molecule has 1 saturated carbocycles. The summed E-state index contributed by atoms with van der Waals surface area (Å²) in [5.74, 6) is 0.847. The van der Waals surface area contributed by atoms with E-state index in [4.69, 9.17) is 5.14 Å². The summed E-state index contributed by atoms with van der Waals surface area (Å²) in [4.78, 5) is 12.6. The smallest absolute Gasteiger partial charge is 0.238 e. The van der Waals surface area contributed by atoms with Gasteiger partial charge in [-0.3, -0.25) is 4.79 Å². The molecule has 5 nitrogen and oxygen atoms in total. The topological polar surface area (TPSA) is 89.3 Å². The van der Waals surface area contributed by atoms with E-state index in [0.29, 0.717) is 11.3 Å². The Kier molecular flexibility index (Phi) is 5.94. The number of nitrogens with two attached hydrogens (primary N) is 1. The lowest BCUT2D eigenvalue weighted by Crippen LogP contribution is -2.36. The van der Waals surface area contributed by atoms with E-state index in [9.17, 15) is 13.2 Å². The summed E-state index contributed by atoms with van der Waals surface area (Å²) in [6.45, 7) is 8.71. The van der Waals surface area contributed by atoms with Crippen molar-refractivity contribution in [3.05, 3.63) is 29.8 Å². The molecule has 25 heavy (non-hydrogen) atoms. The number of benzene rings is 1. The van der Waals surface area contributed by atoms with Gasteiger partial charge >= 0.3 is 0 Å². The van der Waals surface area contributed by atoms with E-state index in [1.807, 2.05) is 6.92 Å². The average Bonchev–Trinajstić information content (AvgIpc) is 2.53. The lowest BCUT2D eigenvalue weighted by Gasteiger charge is -2.36. The van der Waals surface area contributed by atoms with Crippen LogP contribution in [0.1, 0.15) is 65.0 Å². The number of hydrogen-bond acceptors (Lipinski definition) is 3. The molecule has 0 radical (unpaired) electrons. The van der Waals surface area contributed by atoms with Gasteiger partial charge in [-0.15, -0.1) is 0 Å². The number of hydrogen-bond donors (Lipinski definition) is 2. The summed E-state index contributed by atoms with van der Waals surface area (Å²) in [6, 6.07) is 6.17. The molecule has 1 atom stereocenters. The number of sulfonamides is 1. The van der Waals surface area contributed by atoms with Gasteiger partial charge in [0.15, 0.2) is 0 Å². The molecule has 0 unspecified atom stereocenters. The minimum atomic E-state index is -3.69. The molecule has 140 valence electrons. The zero-order valence-corrected chi connectivity index (χ0v) is 16.4. The first-order chi connectivity index (χ1) is 11.5. The Bertz CT molecular complexity index is 697. The predicted octanol–water partition coefficient (Wildman–Crippen LogP) is 3.36. The van der Waals surface area contributed by atoms with Gasteiger partial charge in [0.05, 0.1) is 10.9 Å². The van der Waals surface area contributed by atoms with Crippen LogP contribution in [0, 0.1) is 17.3 Å². The highest BCUT2D eigenvalue weighted by Crippen LogP contribution is 2.39. The molecule has 2 rings (SSSR count). The number of rotatable bonds is 4. The zero-order valence-electron chi connectivity index (χ0n) is 15.6. The van der Waals surface area contributed by atoms with Gasteiger partial charge in [-0.1, -0.05) is 32.9 Å².